The summed E-state index contributed by atoms with van der Waals surface area (Å²) >= 11 is 0. The van der Waals surface area contributed by atoms with Gasteiger partial charge in [-0.05, 0) is 58.9 Å². The molecular formula is C25H29N7O4S. The van der Waals surface area contributed by atoms with Crippen molar-refractivity contribution in [3.63, 3.8) is 0 Å². The van der Waals surface area contributed by atoms with E-state index in [1.807, 2.05) is 34.6 Å². The molecule has 0 unspecified atom stereocenters. The van der Waals surface area contributed by atoms with Gasteiger partial charge in [0.25, 0.3) is 21.8 Å². The number of aryl methyl sites for hydroxylation is 1. The third kappa shape index (κ3) is 5.38. The minimum atomic E-state index is -4.30. The third-order valence-electron chi connectivity index (χ3n) is 5.44. The Hall–Kier alpha value is -4.06. The standard InChI is InChI=1S/C25H29N7O4S/c1-15(2)26-23-28-24(27-16(3)4)30-25(29-23)32(37(35,36)18-12-10-17(5)11-13-18)14-31-21(33)19-8-6-7-9-20(19)22(31)34/h6-13,15-16H,14H2,1-5H3,(H2,26,27,28,29,30). The van der Waals surface area contributed by atoms with Crippen LogP contribution in [0.15, 0.2) is 53.4 Å². The summed E-state index contributed by atoms with van der Waals surface area (Å²) in [5.41, 5.74) is 1.29. The lowest BCUT2D eigenvalue weighted by atomic mass is 10.1. The molecule has 3 aromatic rings. The molecule has 0 bridgehead atoms. The number of carbonyl (C=O) groups is 2. The normalized spacial score (nSPS) is 13.3. The maximum Gasteiger partial charge on any atom is 0.268 e. The number of carbonyl (C=O) groups excluding carboxylic acids is 2. The van der Waals surface area contributed by atoms with E-state index in [9.17, 15) is 18.0 Å². The number of nitrogens with zero attached hydrogens (tertiary/aromatic N) is 5. The highest BCUT2D eigenvalue weighted by Crippen LogP contribution is 2.28. The van der Waals surface area contributed by atoms with Crippen molar-refractivity contribution in [3.8, 4) is 0 Å². The molecule has 1 aliphatic rings. The smallest absolute Gasteiger partial charge is 0.268 e. The van der Waals surface area contributed by atoms with Crippen LogP contribution in [0.4, 0.5) is 17.8 Å². The van der Waals surface area contributed by atoms with Crippen LogP contribution in [-0.4, -0.2) is 58.8 Å². The first-order chi connectivity index (χ1) is 17.5. The molecule has 2 N–H and O–H groups in total. The van der Waals surface area contributed by atoms with Gasteiger partial charge < -0.3 is 10.6 Å². The van der Waals surface area contributed by atoms with Gasteiger partial charge in [-0.25, -0.2) is 12.7 Å². The van der Waals surface area contributed by atoms with Gasteiger partial charge in [-0.3, -0.25) is 14.5 Å². The molecule has 194 valence electrons. The fourth-order valence-electron chi connectivity index (χ4n) is 3.70. The second kappa shape index (κ2) is 10.1. The molecule has 2 heterocycles. The van der Waals surface area contributed by atoms with Gasteiger partial charge in [0.2, 0.25) is 17.8 Å². The van der Waals surface area contributed by atoms with E-state index in [0.717, 1.165) is 14.8 Å². The minimum absolute atomic E-state index is 0.0353. The molecule has 12 heteroatoms. The summed E-state index contributed by atoms with van der Waals surface area (Å²) in [5, 5.41) is 6.13. The van der Waals surface area contributed by atoms with Gasteiger partial charge >= 0.3 is 0 Å². The number of anilines is 3. The highest BCUT2D eigenvalue weighted by atomic mass is 32.2. The number of sulfonamides is 1. The average molecular weight is 524 g/mol. The Kier molecular flexibility index (Phi) is 7.12. The third-order valence-corrected chi connectivity index (χ3v) is 7.17. The Morgan fingerprint density at radius 1 is 0.811 bits per heavy atom. The predicted octanol–water partition coefficient (Wildman–Crippen LogP) is 3.27. The summed E-state index contributed by atoms with van der Waals surface area (Å²) in [6.45, 7) is 8.77. The van der Waals surface area contributed by atoms with Gasteiger partial charge in [0.15, 0.2) is 0 Å². The van der Waals surface area contributed by atoms with Crippen molar-refractivity contribution in [2.75, 3.05) is 21.6 Å². The summed E-state index contributed by atoms with van der Waals surface area (Å²) in [6, 6.07) is 12.5. The Morgan fingerprint density at radius 3 is 1.76 bits per heavy atom. The fraction of sp³-hybridized carbons (Fsp3) is 0.320. The molecule has 0 saturated carbocycles. The van der Waals surface area contributed by atoms with Gasteiger partial charge in [-0.2, -0.15) is 15.0 Å². The summed E-state index contributed by atoms with van der Waals surface area (Å²) in [7, 11) is -4.30. The molecule has 0 fully saturated rings. The van der Waals surface area contributed by atoms with Crippen LogP contribution in [0.1, 0.15) is 54.0 Å². The number of hydrogen-bond acceptors (Lipinski definition) is 9. The molecule has 4 rings (SSSR count). The maximum atomic E-state index is 13.9. The molecular weight excluding hydrogens is 494 g/mol. The SMILES string of the molecule is Cc1ccc(S(=O)(=O)N(CN2C(=O)c3ccccc3C2=O)c2nc(NC(C)C)nc(NC(C)C)n2)cc1. The lowest BCUT2D eigenvalue weighted by Crippen LogP contribution is -2.45. The van der Waals surface area contributed by atoms with Crippen LogP contribution in [0.25, 0.3) is 0 Å². The topological polar surface area (TPSA) is 137 Å². The Balaban J connectivity index is 1.85. The van der Waals surface area contributed by atoms with Crippen LogP contribution in [-0.2, 0) is 10.0 Å². The molecule has 2 amide bonds. The van der Waals surface area contributed by atoms with Crippen LogP contribution in [0.3, 0.4) is 0 Å². The Labute approximate surface area is 216 Å². The lowest BCUT2D eigenvalue weighted by Gasteiger charge is -2.27. The van der Waals surface area contributed by atoms with Gasteiger partial charge in [0, 0.05) is 12.1 Å². The minimum Gasteiger partial charge on any atom is -0.352 e. The number of aromatic nitrogens is 3. The summed E-state index contributed by atoms with van der Waals surface area (Å²) < 4.78 is 28.7. The van der Waals surface area contributed by atoms with Crippen LogP contribution < -0.4 is 14.9 Å². The van der Waals surface area contributed by atoms with Crippen LogP contribution >= 0.6 is 0 Å². The zero-order valence-corrected chi connectivity index (χ0v) is 22.1. The van der Waals surface area contributed by atoms with E-state index >= 15 is 0 Å². The summed E-state index contributed by atoms with van der Waals surface area (Å²) in [5.74, 6) is -1.14. The Bertz CT molecular complexity index is 1380. The predicted molar refractivity (Wildman–Crippen MR) is 140 cm³/mol. The Morgan fingerprint density at radius 2 is 1.30 bits per heavy atom. The monoisotopic (exact) mass is 523 g/mol. The van der Waals surface area contributed by atoms with E-state index in [1.54, 1.807) is 24.3 Å². The van der Waals surface area contributed by atoms with Gasteiger partial charge in [0.1, 0.15) is 6.67 Å². The fourth-order valence-corrected chi connectivity index (χ4v) is 5.00. The highest BCUT2D eigenvalue weighted by molar-refractivity contribution is 7.92. The van der Waals surface area contributed by atoms with Gasteiger partial charge in [-0.1, -0.05) is 29.8 Å². The van der Waals surface area contributed by atoms with E-state index in [1.165, 1.54) is 24.3 Å². The quantitative estimate of drug-likeness (QED) is 0.405. The molecule has 37 heavy (non-hydrogen) atoms. The molecule has 1 aromatic heterocycles. The van der Waals surface area contributed by atoms with E-state index < -0.39 is 28.5 Å². The molecule has 0 aliphatic carbocycles. The van der Waals surface area contributed by atoms with Gasteiger partial charge in [0.05, 0.1) is 16.0 Å². The van der Waals surface area contributed by atoms with E-state index in [-0.39, 0.29) is 46.0 Å². The molecule has 11 nitrogen and oxygen atoms in total. The zero-order valence-electron chi connectivity index (χ0n) is 21.3. The van der Waals surface area contributed by atoms with Gasteiger partial charge in [-0.15, -0.1) is 0 Å². The number of benzene rings is 2. The van der Waals surface area contributed by atoms with Crippen molar-refractivity contribution in [1.29, 1.82) is 0 Å². The van der Waals surface area contributed by atoms with Crippen molar-refractivity contribution in [2.24, 2.45) is 0 Å². The molecule has 0 spiro atoms. The number of imide groups is 1. The number of rotatable bonds is 9. The number of hydrogen-bond donors (Lipinski definition) is 2. The van der Waals surface area contributed by atoms with Crippen molar-refractivity contribution < 1.29 is 18.0 Å². The molecule has 0 atom stereocenters. The maximum absolute atomic E-state index is 13.9. The first kappa shape index (κ1) is 26.0. The van der Waals surface area contributed by atoms with Crippen molar-refractivity contribution in [3.05, 3.63) is 65.2 Å². The van der Waals surface area contributed by atoms with Crippen molar-refractivity contribution in [2.45, 2.75) is 51.6 Å². The van der Waals surface area contributed by atoms with Crippen molar-refractivity contribution >= 4 is 39.7 Å². The number of amides is 2. The summed E-state index contributed by atoms with van der Waals surface area (Å²) in [4.78, 5) is 40.1. The lowest BCUT2D eigenvalue weighted by molar-refractivity contribution is 0.0660. The molecule has 0 saturated heterocycles. The number of fused-ring (bicyclic) bond motifs is 1. The first-order valence-corrected chi connectivity index (χ1v) is 13.2. The molecule has 2 aromatic carbocycles. The van der Waals surface area contributed by atoms with E-state index in [0.29, 0.717) is 0 Å². The summed E-state index contributed by atoms with van der Waals surface area (Å²) in [6.07, 6.45) is 0. The molecule has 0 radical (unpaired) electrons. The number of nitrogens with one attached hydrogen (secondary N) is 2. The van der Waals surface area contributed by atoms with E-state index in [2.05, 4.69) is 25.6 Å². The van der Waals surface area contributed by atoms with E-state index in [4.69, 9.17) is 0 Å². The first-order valence-electron chi connectivity index (χ1n) is 11.8. The zero-order chi connectivity index (χ0) is 26.9. The van der Waals surface area contributed by atoms with Crippen molar-refractivity contribution in [1.82, 2.24) is 19.9 Å². The highest BCUT2D eigenvalue weighted by Gasteiger charge is 2.40. The van der Waals surface area contributed by atoms with Crippen LogP contribution in [0, 0.1) is 6.92 Å². The van der Waals surface area contributed by atoms with Crippen LogP contribution in [0.2, 0.25) is 0 Å². The average Bonchev–Trinajstić information content (AvgIpc) is 3.06. The second-order valence-corrected chi connectivity index (χ2v) is 11.1. The molecule has 1 aliphatic heterocycles. The van der Waals surface area contributed by atoms with Crippen LogP contribution in [0.5, 0.6) is 0 Å². The second-order valence-electron chi connectivity index (χ2n) is 9.27. The largest absolute Gasteiger partial charge is 0.352 e.